The van der Waals surface area contributed by atoms with E-state index in [0.29, 0.717) is 5.69 Å². The van der Waals surface area contributed by atoms with E-state index < -0.39 is 6.04 Å². The average molecular weight is 206 g/mol. The molecule has 0 radical (unpaired) electrons. The molecule has 1 atom stereocenters. The Morgan fingerprint density at radius 2 is 2.13 bits per heavy atom. The van der Waals surface area contributed by atoms with Crippen molar-refractivity contribution in [2.75, 3.05) is 5.32 Å². The molecule has 0 fully saturated rings. The molecule has 0 spiro atoms. The van der Waals surface area contributed by atoms with Gasteiger partial charge in [-0.25, -0.2) is 4.39 Å². The smallest absolute Gasteiger partial charge is 0.242 e. The van der Waals surface area contributed by atoms with E-state index in [1.807, 2.05) is 0 Å². The van der Waals surface area contributed by atoms with Gasteiger partial charge in [0, 0.05) is 12.1 Å². The molecule has 3 nitrogen and oxygen atoms in total. The van der Waals surface area contributed by atoms with Crippen LogP contribution in [0.4, 0.5) is 10.1 Å². The third kappa shape index (κ3) is 3.41. The Balaban J connectivity index is 2.59. The Hall–Kier alpha value is -1.86. The van der Waals surface area contributed by atoms with Crippen molar-refractivity contribution in [2.24, 2.45) is 5.73 Å². The number of amides is 1. The molecule has 0 saturated heterocycles. The van der Waals surface area contributed by atoms with Crippen molar-refractivity contribution in [1.82, 2.24) is 0 Å². The molecule has 78 valence electrons. The molecule has 1 aromatic rings. The second-order valence-corrected chi connectivity index (χ2v) is 3.01. The predicted molar refractivity (Wildman–Crippen MR) is 56.5 cm³/mol. The van der Waals surface area contributed by atoms with Crippen LogP contribution in [-0.2, 0) is 4.79 Å². The van der Waals surface area contributed by atoms with Crippen LogP contribution in [0.2, 0.25) is 0 Å². The molecule has 1 aromatic carbocycles. The molecule has 1 amide bonds. The molecule has 0 aliphatic carbocycles. The first-order valence-electron chi connectivity index (χ1n) is 4.39. The van der Waals surface area contributed by atoms with Crippen LogP contribution in [0, 0.1) is 18.2 Å². The molecule has 4 heteroatoms. The second-order valence-electron chi connectivity index (χ2n) is 3.01. The van der Waals surface area contributed by atoms with Crippen LogP contribution >= 0.6 is 0 Å². The van der Waals surface area contributed by atoms with Crippen LogP contribution in [-0.4, -0.2) is 11.9 Å². The van der Waals surface area contributed by atoms with Gasteiger partial charge in [-0.3, -0.25) is 4.79 Å². The molecular formula is C11H11FN2O. The van der Waals surface area contributed by atoms with Gasteiger partial charge in [0.25, 0.3) is 0 Å². The number of carbonyl (C=O) groups is 1. The Labute approximate surface area is 87.5 Å². The largest absolute Gasteiger partial charge is 0.325 e. The van der Waals surface area contributed by atoms with Crippen molar-refractivity contribution >= 4 is 11.6 Å². The van der Waals surface area contributed by atoms with E-state index >= 15 is 0 Å². The Bertz CT molecular complexity index is 381. The van der Waals surface area contributed by atoms with Crippen LogP contribution < -0.4 is 11.1 Å². The molecule has 3 N–H and O–H groups in total. The van der Waals surface area contributed by atoms with E-state index in [-0.39, 0.29) is 18.1 Å². The number of anilines is 1. The lowest BCUT2D eigenvalue weighted by atomic mass is 10.2. The zero-order valence-corrected chi connectivity index (χ0v) is 8.03. The first kappa shape index (κ1) is 11.2. The van der Waals surface area contributed by atoms with Crippen LogP contribution in [0.1, 0.15) is 6.42 Å². The number of carbonyl (C=O) groups excluding carboxylic acids is 1. The van der Waals surface area contributed by atoms with Crippen molar-refractivity contribution in [3.05, 3.63) is 30.1 Å². The number of nitrogens with two attached hydrogens (primary N) is 1. The third-order valence-electron chi connectivity index (χ3n) is 1.79. The average Bonchev–Trinajstić information content (AvgIpc) is 2.22. The lowest BCUT2D eigenvalue weighted by Gasteiger charge is -2.09. The fourth-order valence-corrected chi connectivity index (χ4v) is 0.988. The number of terminal acetylenes is 1. The summed E-state index contributed by atoms with van der Waals surface area (Å²) in [6.07, 6.45) is 5.19. The van der Waals surface area contributed by atoms with E-state index in [9.17, 15) is 9.18 Å². The van der Waals surface area contributed by atoms with Gasteiger partial charge in [0.05, 0.1) is 6.04 Å². The monoisotopic (exact) mass is 206 g/mol. The highest BCUT2D eigenvalue weighted by Gasteiger charge is 2.11. The normalized spacial score (nSPS) is 11.5. The fourth-order valence-electron chi connectivity index (χ4n) is 0.988. The van der Waals surface area contributed by atoms with Gasteiger partial charge in [-0.15, -0.1) is 12.3 Å². The maximum Gasteiger partial charge on any atom is 0.242 e. The van der Waals surface area contributed by atoms with E-state index in [1.165, 1.54) is 24.3 Å². The number of nitrogens with one attached hydrogen (secondary N) is 1. The number of halogens is 1. The molecule has 1 unspecified atom stereocenters. The molecule has 0 saturated carbocycles. The summed E-state index contributed by atoms with van der Waals surface area (Å²) in [5.74, 6) is 1.56. The molecule has 1 rings (SSSR count). The zero-order chi connectivity index (χ0) is 11.3. The lowest BCUT2D eigenvalue weighted by Crippen LogP contribution is -2.35. The fraction of sp³-hybridized carbons (Fsp3) is 0.182. The highest BCUT2D eigenvalue weighted by atomic mass is 19.1. The van der Waals surface area contributed by atoms with Gasteiger partial charge in [-0.05, 0) is 24.3 Å². The predicted octanol–water partition coefficient (Wildman–Crippen LogP) is 1.11. The lowest BCUT2D eigenvalue weighted by molar-refractivity contribution is -0.117. The highest BCUT2D eigenvalue weighted by Crippen LogP contribution is 2.08. The summed E-state index contributed by atoms with van der Waals surface area (Å²) in [4.78, 5) is 11.4. The van der Waals surface area contributed by atoms with E-state index in [1.54, 1.807) is 0 Å². The number of hydrogen-bond donors (Lipinski definition) is 2. The zero-order valence-electron chi connectivity index (χ0n) is 8.03. The summed E-state index contributed by atoms with van der Waals surface area (Å²) >= 11 is 0. The van der Waals surface area contributed by atoms with Gasteiger partial charge < -0.3 is 11.1 Å². The first-order valence-corrected chi connectivity index (χ1v) is 4.39. The van der Waals surface area contributed by atoms with Crippen LogP contribution in [0.25, 0.3) is 0 Å². The summed E-state index contributed by atoms with van der Waals surface area (Å²) in [6.45, 7) is 0. The van der Waals surface area contributed by atoms with Crippen LogP contribution in [0.15, 0.2) is 24.3 Å². The minimum absolute atomic E-state index is 0.174. The minimum atomic E-state index is -0.736. The summed E-state index contributed by atoms with van der Waals surface area (Å²) in [5, 5.41) is 2.53. The van der Waals surface area contributed by atoms with Crippen molar-refractivity contribution < 1.29 is 9.18 Å². The first-order chi connectivity index (χ1) is 7.13. The molecule has 0 heterocycles. The van der Waals surface area contributed by atoms with Crippen molar-refractivity contribution in [3.8, 4) is 12.3 Å². The third-order valence-corrected chi connectivity index (χ3v) is 1.79. The molecule has 0 aliphatic heterocycles. The Morgan fingerprint density at radius 3 is 2.67 bits per heavy atom. The van der Waals surface area contributed by atoms with Crippen LogP contribution in [0.3, 0.4) is 0 Å². The Morgan fingerprint density at radius 1 is 1.53 bits per heavy atom. The van der Waals surface area contributed by atoms with Crippen molar-refractivity contribution in [3.63, 3.8) is 0 Å². The van der Waals surface area contributed by atoms with Gasteiger partial charge in [0.2, 0.25) is 5.91 Å². The molecule has 0 bridgehead atoms. The molecule has 0 aromatic heterocycles. The number of hydrogen-bond acceptors (Lipinski definition) is 2. The maximum absolute atomic E-state index is 12.5. The SMILES string of the molecule is C#CCC(N)C(=O)Nc1ccc(F)cc1. The van der Waals surface area contributed by atoms with Gasteiger partial charge in [0.15, 0.2) is 0 Å². The summed E-state index contributed by atoms with van der Waals surface area (Å²) in [5.41, 5.74) is 5.97. The summed E-state index contributed by atoms with van der Waals surface area (Å²) in [6, 6.07) is 4.68. The summed E-state index contributed by atoms with van der Waals surface area (Å²) in [7, 11) is 0. The number of rotatable bonds is 3. The van der Waals surface area contributed by atoms with Crippen LogP contribution in [0.5, 0.6) is 0 Å². The van der Waals surface area contributed by atoms with Gasteiger partial charge in [-0.1, -0.05) is 0 Å². The molecular weight excluding hydrogens is 195 g/mol. The van der Waals surface area contributed by atoms with E-state index in [4.69, 9.17) is 12.2 Å². The van der Waals surface area contributed by atoms with E-state index in [2.05, 4.69) is 11.2 Å². The maximum atomic E-state index is 12.5. The van der Waals surface area contributed by atoms with Gasteiger partial charge >= 0.3 is 0 Å². The highest BCUT2D eigenvalue weighted by molar-refractivity contribution is 5.94. The quantitative estimate of drug-likeness (QED) is 0.728. The topological polar surface area (TPSA) is 55.1 Å². The number of benzene rings is 1. The second kappa shape index (κ2) is 5.13. The van der Waals surface area contributed by atoms with Gasteiger partial charge in [-0.2, -0.15) is 0 Å². The molecule has 0 aliphatic rings. The molecule has 15 heavy (non-hydrogen) atoms. The van der Waals surface area contributed by atoms with E-state index in [0.717, 1.165) is 0 Å². The minimum Gasteiger partial charge on any atom is -0.325 e. The van der Waals surface area contributed by atoms with Crippen molar-refractivity contribution in [1.29, 1.82) is 0 Å². The van der Waals surface area contributed by atoms with Crippen molar-refractivity contribution in [2.45, 2.75) is 12.5 Å². The Kier molecular flexibility index (Phi) is 3.83. The standard InChI is InChI=1S/C11H11FN2O/c1-2-3-10(13)11(15)14-9-6-4-8(12)5-7-9/h1,4-7,10H,3,13H2,(H,14,15). The summed E-state index contributed by atoms with van der Waals surface area (Å²) < 4.78 is 12.5. The van der Waals surface area contributed by atoms with Gasteiger partial charge in [0.1, 0.15) is 5.82 Å².